The fourth-order valence-corrected chi connectivity index (χ4v) is 3.56. The second kappa shape index (κ2) is 6.64. The molecule has 0 aliphatic heterocycles. The van der Waals surface area contributed by atoms with Crippen LogP contribution in [0.25, 0.3) is 10.8 Å². The Morgan fingerprint density at radius 2 is 1.92 bits per heavy atom. The third kappa shape index (κ3) is 3.85. The van der Waals surface area contributed by atoms with Crippen molar-refractivity contribution in [2.75, 3.05) is 5.75 Å². The predicted molar refractivity (Wildman–Crippen MR) is 93.7 cm³/mol. The van der Waals surface area contributed by atoms with Crippen molar-refractivity contribution in [3.63, 3.8) is 0 Å². The number of carbonyl (C=O) groups excluding carboxylic acids is 1. The molecule has 1 amide bonds. The highest BCUT2D eigenvalue weighted by Crippen LogP contribution is 2.20. The molecule has 1 heterocycles. The van der Waals surface area contributed by atoms with Crippen LogP contribution >= 0.6 is 0 Å². The zero-order chi connectivity index (χ0) is 18.0. The number of aromatic amines is 1. The number of nitrogens with zero attached hydrogens (tertiary/aromatic N) is 2. The molecule has 0 spiro atoms. The first-order valence-electron chi connectivity index (χ1n) is 7.75. The molecule has 2 aromatic carbocycles. The Hall–Kier alpha value is -2.74. The molecule has 3 aromatic rings. The van der Waals surface area contributed by atoms with Crippen molar-refractivity contribution in [3.8, 4) is 0 Å². The Morgan fingerprint density at radius 3 is 2.60 bits per heavy atom. The molecule has 1 atom stereocenters. The minimum absolute atomic E-state index is 0.318. The topological polar surface area (TPSA) is 105 Å². The molecule has 0 bridgehead atoms. The molecule has 0 fully saturated rings. The molecule has 8 heteroatoms. The van der Waals surface area contributed by atoms with Crippen LogP contribution in [0.5, 0.6) is 0 Å². The van der Waals surface area contributed by atoms with Gasteiger partial charge < -0.3 is 5.32 Å². The molecule has 0 saturated carbocycles. The summed E-state index contributed by atoms with van der Waals surface area (Å²) in [5.41, 5.74) is 0.901. The number of carbonyl (C=O) groups is 1. The lowest BCUT2D eigenvalue weighted by Crippen LogP contribution is -2.32. The van der Waals surface area contributed by atoms with E-state index in [1.165, 1.54) is 0 Å². The Morgan fingerprint density at radius 1 is 1.20 bits per heavy atom. The van der Waals surface area contributed by atoms with Gasteiger partial charge in [0.25, 0.3) is 5.16 Å². The summed E-state index contributed by atoms with van der Waals surface area (Å²) in [4.78, 5) is 15.9. The van der Waals surface area contributed by atoms with E-state index < -0.39 is 21.5 Å². The van der Waals surface area contributed by atoms with Crippen LogP contribution in [0, 0.1) is 6.92 Å². The first kappa shape index (κ1) is 17.1. The highest BCUT2D eigenvalue weighted by atomic mass is 32.2. The molecule has 0 aliphatic carbocycles. The third-order valence-electron chi connectivity index (χ3n) is 3.83. The van der Waals surface area contributed by atoms with Crippen molar-refractivity contribution >= 4 is 26.5 Å². The zero-order valence-electron chi connectivity index (χ0n) is 13.9. The lowest BCUT2D eigenvalue weighted by molar-refractivity contribution is -0.119. The van der Waals surface area contributed by atoms with Crippen LogP contribution in [0.2, 0.25) is 0 Å². The first-order valence-corrected chi connectivity index (χ1v) is 9.40. The molecule has 1 unspecified atom stereocenters. The molecule has 2 N–H and O–H groups in total. The number of hydrogen-bond donors (Lipinski definition) is 2. The van der Waals surface area contributed by atoms with Gasteiger partial charge in [0.2, 0.25) is 15.7 Å². The molecular formula is C17H18N4O3S. The maximum Gasteiger partial charge on any atom is 0.267 e. The van der Waals surface area contributed by atoms with E-state index in [2.05, 4.69) is 20.5 Å². The van der Waals surface area contributed by atoms with Crippen LogP contribution in [0.3, 0.4) is 0 Å². The Balaban J connectivity index is 1.71. The summed E-state index contributed by atoms with van der Waals surface area (Å²) in [6, 6.07) is 13.5. The van der Waals surface area contributed by atoms with Crippen LogP contribution in [-0.4, -0.2) is 35.3 Å². The summed E-state index contributed by atoms with van der Waals surface area (Å²) in [5, 5.41) is 10.6. The number of H-pyrrole nitrogens is 1. The quantitative estimate of drug-likeness (QED) is 0.725. The van der Waals surface area contributed by atoms with E-state index in [1.54, 1.807) is 6.92 Å². The number of hydrogen-bond acceptors (Lipinski definition) is 5. The predicted octanol–water partition coefficient (Wildman–Crippen LogP) is 1.92. The Labute approximate surface area is 145 Å². The van der Waals surface area contributed by atoms with E-state index in [0.29, 0.717) is 5.82 Å². The second-order valence-electron chi connectivity index (χ2n) is 5.86. The van der Waals surface area contributed by atoms with Crippen LogP contribution < -0.4 is 5.32 Å². The van der Waals surface area contributed by atoms with Crippen LogP contribution in [0.1, 0.15) is 24.4 Å². The van der Waals surface area contributed by atoms with Gasteiger partial charge in [0.1, 0.15) is 11.6 Å². The van der Waals surface area contributed by atoms with Gasteiger partial charge in [0.05, 0.1) is 6.04 Å². The molecule has 1 aromatic heterocycles. The van der Waals surface area contributed by atoms with Gasteiger partial charge in [-0.3, -0.25) is 9.89 Å². The van der Waals surface area contributed by atoms with Gasteiger partial charge >= 0.3 is 0 Å². The minimum atomic E-state index is -3.87. The van der Waals surface area contributed by atoms with E-state index in [1.807, 2.05) is 49.4 Å². The number of rotatable bonds is 5. The number of fused-ring (bicyclic) bond motifs is 1. The molecule has 25 heavy (non-hydrogen) atoms. The van der Waals surface area contributed by atoms with Gasteiger partial charge in [0.15, 0.2) is 0 Å². The molecule has 130 valence electrons. The zero-order valence-corrected chi connectivity index (χ0v) is 14.7. The summed E-state index contributed by atoms with van der Waals surface area (Å²) in [7, 11) is -3.87. The molecular weight excluding hydrogens is 340 g/mol. The number of benzene rings is 2. The second-order valence-corrected chi connectivity index (χ2v) is 7.74. The monoisotopic (exact) mass is 358 g/mol. The van der Waals surface area contributed by atoms with Gasteiger partial charge in [0, 0.05) is 0 Å². The summed E-state index contributed by atoms with van der Waals surface area (Å²) in [6.45, 7) is 3.40. The van der Waals surface area contributed by atoms with E-state index in [0.717, 1.165) is 16.3 Å². The SMILES string of the molecule is Cc1nc(S(=O)(=O)CC(=O)NC(C)c2ccc3ccccc3c2)n[nH]1. The fourth-order valence-electron chi connectivity index (χ4n) is 2.54. The lowest BCUT2D eigenvalue weighted by Gasteiger charge is -2.15. The van der Waals surface area contributed by atoms with Crippen molar-refractivity contribution in [3.05, 3.63) is 53.9 Å². The normalized spacial score (nSPS) is 12.9. The Kier molecular flexibility index (Phi) is 4.54. The minimum Gasteiger partial charge on any atom is -0.349 e. The highest BCUT2D eigenvalue weighted by molar-refractivity contribution is 7.91. The number of aromatic nitrogens is 3. The highest BCUT2D eigenvalue weighted by Gasteiger charge is 2.24. The van der Waals surface area contributed by atoms with Crippen LogP contribution in [0.15, 0.2) is 47.6 Å². The number of amides is 1. The number of nitrogens with one attached hydrogen (secondary N) is 2. The van der Waals surface area contributed by atoms with Gasteiger partial charge in [-0.05, 0) is 36.2 Å². The van der Waals surface area contributed by atoms with Crippen molar-refractivity contribution in [1.82, 2.24) is 20.5 Å². The largest absolute Gasteiger partial charge is 0.349 e. The molecule has 0 radical (unpaired) electrons. The van der Waals surface area contributed by atoms with E-state index in [4.69, 9.17) is 0 Å². The van der Waals surface area contributed by atoms with Crippen molar-refractivity contribution in [2.45, 2.75) is 25.0 Å². The standard InChI is InChI=1S/C17H18N4O3S/c1-11(14-8-7-13-5-3-4-6-15(13)9-14)18-16(22)10-25(23,24)17-19-12(2)20-21-17/h3-9,11H,10H2,1-2H3,(H,18,22)(H,19,20,21). The number of aryl methyl sites for hydroxylation is 1. The Bertz CT molecular complexity index is 1030. The van der Waals surface area contributed by atoms with E-state index in [-0.39, 0.29) is 11.2 Å². The molecule has 0 aliphatic rings. The van der Waals surface area contributed by atoms with Gasteiger partial charge in [-0.25, -0.2) is 13.4 Å². The van der Waals surface area contributed by atoms with Gasteiger partial charge in [-0.1, -0.05) is 36.4 Å². The number of sulfone groups is 1. The maximum absolute atomic E-state index is 12.1. The van der Waals surface area contributed by atoms with Crippen molar-refractivity contribution < 1.29 is 13.2 Å². The molecule has 3 rings (SSSR count). The average Bonchev–Trinajstić information content (AvgIpc) is 3.01. The average molecular weight is 358 g/mol. The van der Waals surface area contributed by atoms with Gasteiger partial charge in [-0.15, -0.1) is 5.10 Å². The lowest BCUT2D eigenvalue weighted by atomic mass is 10.0. The van der Waals surface area contributed by atoms with Crippen molar-refractivity contribution in [2.24, 2.45) is 0 Å². The van der Waals surface area contributed by atoms with Gasteiger partial charge in [-0.2, -0.15) is 0 Å². The molecule has 7 nitrogen and oxygen atoms in total. The van der Waals surface area contributed by atoms with E-state index in [9.17, 15) is 13.2 Å². The van der Waals surface area contributed by atoms with Crippen LogP contribution in [0.4, 0.5) is 0 Å². The summed E-state index contributed by atoms with van der Waals surface area (Å²) < 4.78 is 24.3. The maximum atomic E-state index is 12.1. The van der Waals surface area contributed by atoms with E-state index >= 15 is 0 Å². The summed E-state index contributed by atoms with van der Waals surface area (Å²) >= 11 is 0. The molecule has 0 saturated heterocycles. The third-order valence-corrected chi connectivity index (χ3v) is 5.21. The first-order chi connectivity index (χ1) is 11.8. The van der Waals surface area contributed by atoms with Crippen molar-refractivity contribution in [1.29, 1.82) is 0 Å². The fraction of sp³-hybridized carbons (Fsp3) is 0.235. The smallest absolute Gasteiger partial charge is 0.267 e. The van der Waals surface area contributed by atoms with Crippen LogP contribution in [-0.2, 0) is 14.6 Å². The summed E-state index contributed by atoms with van der Waals surface area (Å²) in [5.74, 6) is -0.908. The summed E-state index contributed by atoms with van der Waals surface area (Å²) in [6.07, 6.45) is 0.